The second-order valence-corrected chi connectivity index (χ2v) is 6.23. The van der Waals surface area contributed by atoms with Gasteiger partial charge in [-0.05, 0) is 58.8 Å². The Bertz CT molecular complexity index is 405. The second kappa shape index (κ2) is 7.07. The van der Waals surface area contributed by atoms with Gasteiger partial charge in [0.25, 0.3) is 0 Å². The summed E-state index contributed by atoms with van der Waals surface area (Å²) in [5.41, 5.74) is 2.29. The lowest BCUT2D eigenvalue weighted by Gasteiger charge is -2.29. The first kappa shape index (κ1) is 15.3. The van der Waals surface area contributed by atoms with Gasteiger partial charge in [0.15, 0.2) is 0 Å². The highest BCUT2D eigenvalue weighted by Crippen LogP contribution is 2.20. The van der Waals surface area contributed by atoms with E-state index in [1.54, 1.807) is 0 Å². The van der Waals surface area contributed by atoms with Gasteiger partial charge in [-0.1, -0.05) is 25.0 Å². The Morgan fingerprint density at radius 2 is 1.85 bits per heavy atom. The van der Waals surface area contributed by atoms with Crippen LogP contribution in [-0.2, 0) is 4.79 Å². The molecule has 3 heteroatoms. The fourth-order valence-electron chi connectivity index (χ4n) is 3.26. The summed E-state index contributed by atoms with van der Waals surface area (Å²) >= 11 is 0. The first-order valence-electron chi connectivity index (χ1n) is 7.98. The molecule has 20 heavy (non-hydrogen) atoms. The molecule has 1 fully saturated rings. The molecule has 0 aromatic carbocycles. The Balaban J connectivity index is 1.87. The van der Waals surface area contributed by atoms with Gasteiger partial charge < -0.3 is 9.80 Å². The summed E-state index contributed by atoms with van der Waals surface area (Å²) in [7, 11) is 0. The lowest BCUT2D eigenvalue weighted by atomic mass is 10.1. The lowest BCUT2D eigenvalue weighted by Crippen LogP contribution is -2.36. The largest absolute Gasteiger partial charge is 0.316 e. The van der Waals surface area contributed by atoms with E-state index in [4.69, 9.17) is 0 Å². The van der Waals surface area contributed by atoms with Crippen molar-refractivity contribution < 1.29 is 4.79 Å². The van der Waals surface area contributed by atoms with Crippen LogP contribution < -0.4 is 0 Å². The highest BCUT2D eigenvalue weighted by atomic mass is 16.2. The number of hydrogen-bond donors (Lipinski definition) is 0. The number of carbonyl (C=O) groups excluding carboxylic acids is 1. The maximum absolute atomic E-state index is 12.4. The molecule has 0 N–H and O–H groups in total. The molecule has 3 nitrogen and oxygen atoms in total. The predicted octanol–water partition coefficient (Wildman–Crippen LogP) is 3.19. The zero-order chi connectivity index (χ0) is 14.5. The summed E-state index contributed by atoms with van der Waals surface area (Å²) in [5, 5.41) is 0. The summed E-state index contributed by atoms with van der Waals surface area (Å²) in [4.78, 5) is 16.9. The average molecular weight is 276 g/mol. The van der Waals surface area contributed by atoms with Crippen LogP contribution in [0.3, 0.4) is 0 Å². The standard InChI is InChI=1S/C17H28N2O/c1-14-12-15(2)17(20)19(16(3)13-14)11-7-10-18-8-5-4-6-9-18/h12-13,15H,4-11H2,1-3H3/t15-/m1/s1. The Kier molecular flexibility index (Phi) is 5.41. The summed E-state index contributed by atoms with van der Waals surface area (Å²) < 4.78 is 0. The molecule has 2 rings (SSSR count). The van der Waals surface area contributed by atoms with E-state index in [2.05, 4.69) is 24.0 Å². The molecule has 0 aromatic rings. The van der Waals surface area contributed by atoms with Crippen LogP contribution in [0.15, 0.2) is 23.4 Å². The van der Waals surface area contributed by atoms with Crippen molar-refractivity contribution >= 4 is 5.91 Å². The smallest absolute Gasteiger partial charge is 0.233 e. The third-order valence-electron chi connectivity index (χ3n) is 4.34. The molecule has 1 atom stereocenters. The highest BCUT2D eigenvalue weighted by molar-refractivity contribution is 5.82. The SMILES string of the molecule is CC1=C[C@@H](C)C(=O)N(CCCN2CCCCC2)C(C)=C1. The Morgan fingerprint density at radius 1 is 1.15 bits per heavy atom. The number of rotatable bonds is 4. The number of amides is 1. The normalized spacial score (nSPS) is 25.2. The Labute approximate surface area is 123 Å². The second-order valence-electron chi connectivity index (χ2n) is 6.23. The molecule has 1 saturated heterocycles. The fourth-order valence-corrected chi connectivity index (χ4v) is 3.26. The molecule has 0 saturated carbocycles. The van der Waals surface area contributed by atoms with Crippen molar-refractivity contribution in [1.29, 1.82) is 0 Å². The molecule has 0 bridgehead atoms. The van der Waals surface area contributed by atoms with Crippen molar-refractivity contribution in [2.75, 3.05) is 26.2 Å². The maximum atomic E-state index is 12.4. The van der Waals surface area contributed by atoms with E-state index in [1.165, 1.54) is 37.9 Å². The van der Waals surface area contributed by atoms with E-state index >= 15 is 0 Å². The van der Waals surface area contributed by atoms with Gasteiger partial charge in [-0.25, -0.2) is 0 Å². The number of likely N-dealkylation sites (tertiary alicyclic amines) is 1. The summed E-state index contributed by atoms with van der Waals surface area (Å²) in [6.45, 7) is 10.6. The van der Waals surface area contributed by atoms with Crippen molar-refractivity contribution in [3.05, 3.63) is 23.4 Å². The van der Waals surface area contributed by atoms with Crippen LogP contribution in [0.2, 0.25) is 0 Å². The minimum atomic E-state index is -0.00122. The highest BCUT2D eigenvalue weighted by Gasteiger charge is 2.22. The quantitative estimate of drug-likeness (QED) is 0.787. The van der Waals surface area contributed by atoms with Crippen LogP contribution >= 0.6 is 0 Å². The summed E-state index contributed by atoms with van der Waals surface area (Å²) in [5.74, 6) is 0.243. The fraction of sp³-hybridized carbons (Fsp3) is 0.706. The maximum Gasteiger partial charge on any atom is 0.233 e. The minimum Gasteiger partial charge on any atom is -0.316 e. The molecular formula is C17H28N2O. The zero-order valence-corrected chi connectivity index (χ0v) is 13.2. The first-order chi connectivity index (χ1) is 9.58. The van der Waals surface area contributed by atoms with Crippen molar-refractivity contribution in [3.8, 4) is 0 Å². The molecule has 2 aliphatic rings. The van der Waals surface area contributed by atoms with Gasteiger partial charge in [0.2, 0.25) is 5.91 Å². The van der Waals surface area contributed by atoms with Gasteiger partial charge in [-0.2, -0.15) is 0 Å². The van der Waals surface area contributed by atoms with Crippen molar-refractivity contribution in [1.82, 2.24) is 9.80 Å². The van der Waals surface area contributed by atoms with E-state index in [9.17, 15) is 4.79 Å². The third kappa shape index (κ3) is 3.95. The molecule has 112 valence electrons. The van der Waals surface area contributed by atoms with Gasteiger partial charge in [-0.15, -0.1) is 0 Å². The van der Waals surface area contributed by atoms with Crippen molar-refractivity contribution in [3.63, 3.8) is 0 Å². The molecule has 1 amide bonds. The van der Waals surface area contributed by atoms with Gasteiger partial charge in [0.1, 0.15) is 0 Å². The van der Waals surface area contributed by atoms with Crippen molar-refractivity contribution in [2.24, 2.45) is 5.92 Å². The summed E-state index contributed by atoms with van der Waals surface area (Å²) in [6, 6.07) is 0. The van der Waals surface area contributed by atoms with Gasteiger partial charge in [-0.3, -0.25) is 4.79 Å². The molecule has 2 aliphatic heterocycles. The topological polar surface area (TPSA) is 23.6 Å². The monoisotopic (exact) mass is 276 g/mol. The van der Waals surface area contributed by atoms with Gasteiger partial charge >= 0.3 is 0 Å². The van der Waals surface area contributed by atoms with Crippen LogP contribution in [0.1, 0.15) is 46.5 Å². The van der Waals surface area contributed by atoms with E-state index in [1.807, 2.05) is 18.7 Å². The van der Waals surface area contributed by atoms with E-state index in [-0.39, 0.29) is 11.8 Å². The van der Waals surface area contributed by atoms with Crippen molar-refractivity contribution in [2.45, 2.75) is 46.5 Å². The van der Waals surface area contributed by atoms with Crippen LogP contribution in [0.25, 0.3) is 0 Å². The molecule has 0 aliphatic carbocycles. The Hall–Kier alpha value is -1.09. The van der Waals surface area contributed by atoms with E-state index in [0.717, 1.165) is 25.2 Å². The number of piperidine rings is 1. The molecule has 0 radical (unpaired) electrons. The van der Waals surface area contributed by atoms with Crippen LogP contribution in [0.5, 0.6) is 0 Å². The molecule has 0 unspecified atom stereocenters. The predicted molar refractivity (Wildman–Crippen MR) is 83.3 cm³/mol. The average Bonchev–Trinajstić information content (AvgIpc) is 2.51. The van der Waals surface area contributed by atoms with E-state index < -0.39 is 0 Å². The van der Waals surface area contributed by atoms with Crippen LogP contribution in [-0.4, -0.2) is 41.9 Å². The zero-order valence-electron chi connectivity index (χ0n) is 13.2. The first-order valence-corrected chi connectivity index (χ1v) is 7.98. The van der Waals surface area contributed by atoms with E-state index in [0.29, 0.717) is 0 Å². The van der Waals surface area contributed by atoms with Crippen LogP contribution in [0, 0.1) is 5.92 Å². The number of nitrogens with zero attached hydrogens (tertiary/aromatic N) is 2. The summed E-state index contributed by atoms with van der Waals surface area (Å²) in [6.07, 6.45) is 9.32. The molecular weight excluding hydrogens is 248 g/mol. The Morgan fingerprint density at radius 3 is 2.55 bits per heavy atom. The molecule has 2 heterocycles. The van der Waals surface area contributed by atoms with Crippen LogP contribution in [0.4, 0.5) is 0 Å². The third-order valence-corrected chi connectivity index (χ3v) is 4.34. The number of carbonyl (C=O) groups is 1. The molecule has 0 spiro atoms. The number of allylic oxidation sites excluding steroid dienone is 3. The minimum absolute atomic E-state index is 0.00122. The number of hydrogen-bond acceptors (Lipinski definition) is 2. The van der Waals surface area contributed by atoms with Gasteiger partial charge in [0.05, 0.1) is 5.92 Å². The van der Waals surface area contributed by atoms with Gasteiger partial charge in [0, 0.05) is 12.2 Å². The lowest BCUT2D eigenvalue weighted by molar-refractivity contribution is -0.131. The molecule has 0 aromatic heterocycles.